The highest BCUT2D eigenvalue weighted by Gasteiger charge is 2.06. The molecule has 0 aliphatic carbocycles. The molecular formula is C12H19NO. The first-order valence-electron chi connectivity index (χ1n) is 5.12. The number of methoxy groups -OCH3 is 1. The maximum atomic E-state index is 5.22. The van der Waals surface area contributed by atoms with Crippen molar-refractivity contribution in [1.82, 2.24) is 0 Å². The molecule has 0 aliphatic rings. The fourth-order valence-electron chi connectivity index (χ4n) is 1.62. The molecule has 1 aromatic carbocycles. The lowest BCUT2D eigenvalue weighted by atomic mass is 10.1. The van der Waals surface area contributed by atoms with E-state index in [4.69, 9.17) is 4.74 Å². The molecule has 0 heterocycles. The lowest BCUT2D eigenvalue weighted by Crippen LogP contribution is -2.22. The van der Waals surface area contributed by atoms with Gasteiger partial charge in [-0.2, -0.15) is 0 Å². The minimum absolute atomic E-state index is 0.928. The zero-order chi connectivity index (χ0) is 10.6. The molecule has 0 saturated heterocycles. The molecule has 0 saturated carbocycles. The van der Waals surface area contributed by atoms with Crippen molar-refractivity contribution in [3.8, 4) is 5.75 Å². The van der Waals surface area contributed by atoms with E-state index in [0.29, 0.717) is 0 Å². The van der Waals surface area contributed by atoms with Crippen molar-refractivity contribution in [2.75, 3.05) is 25.1 Å². The Labute approximate surface area is 86.5 Å². The van der Waals surface area contributed by atoms with Crippen molar-refractivity contribution in [2.24, 2.45) is 0 Å². The normalized spacial score (nSPS) is 10.0. The molecule has 0 atom stereocenters. The fraction of sp³-hybridized carbons (Fsp3) is 0.500. The minimum Gasteiger partial charge on any atom is -0.497 e. The van der Waals surface area contributed by atoms with Crippen LogP contribution < -0.4 is 9.64 Å². The van der Waals surface area contributed by atoms with Crippen LogP contribution in [0.25, 0.3) is 0 Å². The van der Waals surface area contributed by atoms with E-state index in [9.17, 15) is 0 Å². The molecule has 0 aromatic heterocycles. The van der Waals surface area contributed by atoms with Crippen LogP contribution in [0.15, 0.2) is 18.2 Å². The van der Waals surface area contributed by atoms with E-state index in [1.54, 1.807) is 7.11 Å². The van der Waals surface area contributed by atoms with Gasteiger partial charge < -0.3 is 9.64 Å². The Bertz CT molecular complexity index is 292. The summed E-state index contributed by atoms with van der Waals surface area (Å²) in [6.07, 6.45) is 0. The average Bonchev–Trinajstić information content (AvgIpc) is 2.22. The molecule has 2 heteroatoms. The third-order valence-corrected chi connectivity index (χ3v) is 2.52. The van der Waals surface area contributed by atoms with Gasteiger partial charge in [0.05, 0.1) is 7.11 Å². The summed E-state index contributed by atoms with van der Waals surface area (Å²) in [7, 11) is 1.71. The standard InChI is InChI=1S/C12H19NO/c1-5-13(6-2)12-9-11(14-4)8-7-10(12)3/h7-9H,5-6H2,1-4H3. The smallest absolute Gasteiger partial charge is 0.120 e. The molecule has 0 N–H and O–H groups in total. The Morgan fingerprint density at radius 3 is 2.36 bits per heavy atom. The van der Waals surface area contributed by atoms with Gasteiger partial charge in [-0.05, 0) is 32.4 Å². The van der Waals surface area contributed by atoms with Gasteiger partial charge in [-0.25, -0.2) is 0 Å². The topological polar surface area (TPSA) is 12.5 Å². The van der Waals surface area contributed by atoms with Gasteiger partial charge in [0.15, 0.2) is 0 Å². The largest absolute Gasteiger partial charge is 0.497 e. The maximum absolute atomic E-state index is 5.22. The van der Waals surface area contributed by atoms with Crippen molar-refractivity contribution in [3.63, 3.8) is 0 Å². The molecule has 0 aliphatic heterocycles. The summed E-state index contributed by atoms with van der Waals surface area (Å²) in [6.45, 7) is 8.53. The van der Waals surface area contributed by atoms with Crippen LogP contribution in [0.2, 0.25) is 0 Å². The van der Waals surface area contributed by atoms with Gasteiger partial charge in [-0.15, -0.1) is 0 Å². The van der Waals surface area contributed by atoms with Gasteiger partial charge in [0, 0.05) is 24.8 Å². The predicted molar refractivity (Wildman–Crippen MR) is 61.3 cm³/mol. The summed E-state index contributed by atoms with van der Waals surface area (Å²) in [6, 6.07) is 6.21. The molecule has 78 valence electrons. The van der Waals surface area contributed by atoms with E-state index in [0.717, 1.165) is 18.8 Å². The molecule has 1 aromatic rings. The molecule has 0 fully saturated rings. The second kappa shape index (κ2) is 4.89. The summed E-state index contributed by atoms with van der Waals surface area (Å²) < 4.78 is 5.22. The van der Waals surface area contributed by atoms with Crippen molar-refractivity contribution >= 4 is 5.69 Å². The zero-order valence-electron chi connectivity index (χ0n) is 9.50. The van der Waals surface area contributed by atoms with Gasteiger partial charge in [-0.1, -0.05) is 6.07 Å². The van der Waals surface area contributed by atoms with Crippen molar-refractivity contribution in [3.05, 3.63) is 23.8 Å². The number of rotatable bonds is 4. The second-order valence-corrected chi connectivity index (χ2v) is 3.32. The van der Waals surface area contributed by atoms with Gasteiger partial charge in [0.25, 0.3) is 0 Å². The number of anilines is 1. The first kappa shape index (κ1) is 10.9. The Morgan fingerprint density at radius 1 is 1.21 bits per heavy atom. The second-order valence-electron chi connectivity index (χ2n) is 3.32. The van der Waals surface area contributed by atoms with E-state index in [1.807, 2.05) is 6.07 Å². The summed E-state index contributed by atoms with van der Waals surface area (Å²) in [5.74, 6) is 0.928. The summed E-state index contributed by atoms with van der Waals surface area (Å²) in [5.41, 5.74) is 2.57. The van der Waals surface area contributed by atoms with Crippen LogP contribution in [-0.4, -0.2) is 20.2 Å². The Hall–Kier alpha value is -1.18. The van der Waals surface area contributed by atoms with E-state index in [1.165, 1.54) is 11.3 Å². The van der Waals surface area contributed by atoms with E-state index in [2.05, 4.69) is 37.8 Å². The summed E-state index contributed by atoms with van der Waals surface area (Å²) in [4.78, 5) is 2.33. The van der Waals surface area contributed by atoms with Crippen LogP contribution in [0.3, 0.4) is 0 Å². The Morgan fingerprint density at radius 2 is 1.86 bits per heavy atom. The number of benzene rings is 1. The quantitative estimate of drug-likeness (QED) is 0.729. The highest BCUT2D eigenvalue weighted by atomic mass is 16.5. The SMILES string of the molecule is CCN(CC)c1cc(OC)ccc1C. The van der Waals surface area contributed by atoms with Gasteiger partial charge in [0.2, 0.25) is 0 Å². The maximum Gasteiger partial charge on any atom is 0.120 e. The monoisotopic (exact) mass is 193 g/mol. The van der Waals surface area contributed by atoms with Crippen molar-refractivity contribution < 1.29 is 4.74 Å². The third-order valence-electron chi connectivity index (χ3n) is 2.52. The molecule has 14 heavy (non-hydrogen) atoms. The summed E-state index contributed by atoms with van der Waals surface area (Å²) >= 11 is 0. The van der Waals surface area contributed by atoms with E-state index < -0.39 is 0 Å². The van der Waals surface area contributed by atoms with Crippen LogP contribution in [0.1, 0.15) is 19.4 Å². The Balaban J connectivity index is 3.04. The van der Waals surface area contributed by atoms with Crippen LogP contribution in [0.5, 0.6) is 5.75 Å². The average molecular weight is 193 g/mol. The van der Waals surface area contributed by atoms with Gasteiger partial charge in [0.1, 0.15) is 5.75 Å². The lowest BCUT2D eigenvalue weighted by Gasteiger charge is -2.23. The molecule has 2 nitrogen and oxygen atoms in total. The van der Waals surface area contributed by atoms with E-state index >= 15 is 0 Å². The number of hydrogen-bond acceptors (Lipinski definition) is 2. The molecule has 0 bridgehead atoms. The third kappa shape index (κ3) is 2.19. The number of aryl methyl sites for hydroxylation is 1. The molecule has 0 spiro atoms. The zero-order valence-corrected chi connectivity index (χ0v) is 9.50. The molecular weight excluding hydrogens is 174 g/mol. The number of ether oxygens (including phenoxy) is 1. The van der Waals surface area contributed by atoms with Crippen LogP contribution in [-0.2, 0) is 0 Å². The molecule has 1 rings (SSSR count). The highest BCUT2D eigenvalue weighted by Crippen LogP contribution is 2.25. The predicted octanol–water partition coefficient (Wildman–Crippen LogP) is 2.85. The lowest BCUT2D eigenvalue weighted by molar-refractivity contribution is 0.414. The first-order valence-corrected chi connectivity index (χ1v) is 5.12. The fourth-order valence-corrected chi connectivity index (χ4v) is 1.62. The Kier molecular flexibility index (Phi) is 3.81. The van der Waals surface area contributed by atoms with Crippen LogP contribution in [0.4, 0.5) is 5.69 Å². The first-order chi connectivity index (χ1) is 6.72. The highest BCUT2D eigenvalue weighted by molar-refractivity contribution is 5.56. The van der Waals surface area contributed by atoms with Gasteiger partial charge >= 0.3 is 0 Å². The number of hydrogen-bond donors (Lipinski definition) is 0. The molecule has 0 amide bonds. The minimum atomic E-state index is 0.928. The summed E-state index contributed by atoms with van der Waals surface area (Å²) in [5, 5.41) is 0. The van der Waals surface area contributed by atoms with Crippen molar-refractivity contribution in [2.45, 2.75) is 20.8 Å². The van der Waals surface area contributed by atoms with E-state index in [-0.39, 0.29) is 0 Å². The number of nitrogens with zero attached hydrogens (tertiary/aromatic N) is 1. The van der Waals surface area contributed by atoms with Crippen molar-refractivity contribution in [1.29, 1.82) is 0 Å². The van der Waals surface area contributed by atoms with Crippen LogP contribution in [0, 0.1) is 6.92 Å². The van der Waals surface area contributed by atoms with Gasteiger partial charge in [-0.3, -0.25) is 0 Å². The molecule has 0 unspecified atom stereocenters. The van der Waals surface area contributed by atoms with Crippen LogP contribution >= 0.6 is 0 Å². The molecule has 0 radical (unpaired) electrons.